The van der Waals surface area contributed by atoms with Crippen molar-refractivity contribution in [2.24, 2.45) is 5.41 Å². The SMILES string of the molecule is COC(=O)c1cnc(NCC2(C)CCCCC2)s1. The van der Waals surface area contributed by atoms with E-state index in [0.717, 1.165) is 11.7 Å². The van der Waals surface area contributed by atoms with Gasteiger partial charge in [-0.25, -0.2) is 9.78 Å². The number of anilines is 1. The Kier molecular flexibility index (Phi) is 4.22. The Morgan fingerprint density at radius 3 is 2.89 bits per heavy atom. The van der Waals surface area contributed by atoms with Crippen LogP contribution in [0.25, 0.3) is 0 Å². The third-order valence-electron chi connectivity index (χ3n) is 3.62. The van der Waals surface area contributed by atoms with Crippen LogP contribution in [0.4, 0.5) is 5.13 Å². The van der Waals surface area contributed by atoms with Gasteiger partial charge in [-0.1, -0.05) is 37.5 Å². The van der Waals surface area contributed by atoms with Gasteiger partial charge in [0.1, 0.15) is 4.88 Å². The fraction of sp³-hybridized carbons (Fsp3) is 0.692. The van der Waals surface area contributed by atoms with Crippen molar-refractivity contribution in [3.8, 4) is 0 Å². The van der Waals surface area contributed by atoms with Crippen molar-refractivity contribution in [1.29, 1.82) is 0 Å². The fourth-order valence-corrected chi connectivity index (χ4v) is 3.15. The number of carbonyl (C=O) groups is 1. The molecule has 2 rings (SSSR count). The first-order valence-electron chi connectivity index (χ1n) is 6.41. The van der Waals surface area contributed by atoms with E-state index in [0.29, 0.717) is 10.3 Å². The van der Waals surface area contributed by atoms with Gasteiger partial charge in [-0.05, 0) is 18.3 Å². The second-order valence-corrected chi connectivity index (χ2v) is 6.28. The molecule has 4 nitrogen and oxygen atoms in total. The molecule has 1 N–H and O–H groups in total. The molecule has 0 saturated heterocycles. The molecule has 1 saturated carbocycles. The molecule has 1 aliphatic rings. The summed E-state index contributed by atoms with van der Waals surface area (Å²) >= 11 is 1.36. The number of ether oxygens (including phenoxy) is 1. The minimum atomic E-state index is -0.315. The average Bonchev–Trinajstić information content (AvgIpc) is 2.85. The van der Waals surface area contributed by atoms with Gasteiger partial charge in [0, 0.05) is 6.54 Å². The lowest BCUT2D eigenvalue weighted by Crippen LogP contribution is -2.28. The van der Waals surface area contributed by atoms with Gasteiger partial charge in [0.2, 0.25) is 0 Å². The quantitative estimate of drug-likeness (QED) is 0.851. The van der Waals surface area contributed by atoms with Crippen LogP contribution in [0.2, 0.25) is 0 Å². The maximum Gasteiger partial charge on any atom is 0.349 e. The second kappa shape index (κ2) is 5.69. The monoisotopic (exact) mass is 268 g/mol. The molecular formula is C13H20N2O2S. The van der Waals surface area contributed by atoms with E-state index in [4.69, 9.17) is 0 Å². The first-order chi connectivity index (χ1) is 8.63. The molecule has 5 heteroatoms. The summed E-state index contributed by atoms with van der Waals surface area (Å²) in [6, 6.07) is 0. The normalized spacial score (nSPS) is 18.3. The predicted molar refractivity (Wildman–Crippen MR) is 73.1 cm³/mol. The van der Waals surface area contributed by atoms with Crippen molar-refractivity contribution < 1.29 is 9.53 Å². The molecule has 0 radical (unpaired) electrons. The van der Waals surface area contributed by atoms with E-state index in [-0.39, 0.29) is 5.97 Å². The number of hydrogen-bond acceptors (Lipinski definition) is 5. The highest BCUT2D eigenvalue weighted by molar-refractivity contribution is 7.17. The molecule has 1 heterocycles. The van der Waals surface area contributed by atoms with E-state index < -0.39 is 0 Å². The van der Waals surface area contributed by atoms with Crippen LogP contribution in [0, 0.1) is 5.41 Å². The number of nitrogens with one attached hydrogen (secondary N) is 1. The molecule has 0 atom stereocenters. The first-order valence-corrected chi connectivity index (χ1v) is 7.23. The van der Waals surface area contributed by atoms with Gasteiger partial charge in [-0.15, -0.1) is 0 Å². The Morgan fingerprint density at radius 1 is 1.50 bits per heavy atom. The van der Waals surface area contributed by atoms with Crippen molar-refractivity contribution >= 4 is 22.4 Å². The molecule has 18 heavy (non-hydrogen) atoms. The number of rotatable bonds is 4. The number of methoxy groups -OCH3 is 1. The molecule has 0 unspecified atom stereocenters. The summed E-state index contributed by atoms with van der Waals surface area (Å²) in [5, 5.41) is 4.16. The molecule has 0 bridgehead atoms. The molecule has 0 aromatic carbocycles. The summed E-state index contributed by atoms with van der Waals surface area (Å²) in [4.78, 5) is 16.1. The van der Waals surface area contributed by atoms with E-state index in [9.17, 15) is 4.79 Å². The van der Waals surface area contributed by atoms with Crippen molar-refractivity contribution in [2.45, 2.75) is 39.0 Å². The van der Waals surface area contributed by atoms with Crippen LogP contribution in [-0.4, -0.2) is 24.6 Å². The molecule has 0 amide bonds. The fourth-order valence-electron chi connectivity index (χ4n) is 2.42. The second-order valence-electron chi connectivity index (χ2n) is 5.25. The summed E-state index contributed by atoms with van der Waals surface area (Å²) in [5.41, 5.74) is 0.370. The van der Waals surface area contributed by atoms with E-state index >= 15 is 0 Å². The number of thiazole rings is 1. The van der Waals surface area contributed by atoms with Gasteiger partial charge in [-0.3, -0.25) is 0 Å². The lowest BCUT2D eigenvalue weighted by atomic mass is 9.76. The topological polar surface area (TPSA) is 51.2 Å². The summed E-state index contributed by atoms with van der Waals surface area (Å²) in [6.45, 7) is 3.26. The van der Waals surface area contributed by atoms with Gasteiger partial charge in [0.05, 0.1) is 13.3 Å². The number of esters is 1. The maximum atomic E-state index is 11.3. The largest absolute Gasteiger partial charge is 0.465 e. The minimum absolute atomic E-state index is 0.315. The molecule has 100 valence electrons. The van der Waals surface area contributed by atoms with Gasteiger partial charge in [-0.2, -0.15) is 0 Å². The van der Waals surface area contributed by atoms with E-state index in [1.165, 1.54) is 50.6 Å². The van der Waals surface area contributed by atoms with Crippen molar-refractivity contribution in [3.05, 3.63) is 11.1 Å². The smallest absolute Gasteiger partial charge is 0.349 e. The highest BCUT2D eigenvalue weighted by Gasteiger charge is 2.26. The molecule has 1 fully saturated rings. The predicted octanol–water partition coefficient (Wildman–Crippen LogP) is 3.31. The molecule has 1 aliphatic carbocycles. The Hall–Kier alpha value is -1.10. The molecule has 1 aromatic rings. The van der Waals surface area contributed by atoms with E-state index in [2.05, 4.69) is 22.0 Å². The number of hydrogen-bond donors (Lipinski definition) is 1. The number of carbonyl (C=O) groups excluding carboxylic acids is 1. The zero-order valence-electron chi connectivity index (χ0n) is 11.0. The van der Waals surface area contributed by atoms with Crippen LogP contribution >= 0.6 is 11.3 Å². The maximum absolute atomic E-state index is 11.3. The first kappa shape index (κ1) is 13.3. The van der Waals surface area contributed by atoms with Gasteiger partial charge < -0.3 is 10.1 Å². The summed E-state index contributed by atoms with van der Waals surface area (Å²) in [5.74, 6) is -0.315. The van der Waals surface area contributed by atoms with Crippen LogP contribution in [0.15, 0.2) is 6.20 Å². The standard InChI is InChI=1S/C13H20N2O2S/c1-13(6-4-3-5-7-13)9-15-12-14-8-10(18-12)11(16)17-2/h8H,3-7,9H2,1-2H3,(H,14,15). The average molecular weight is 268 g/mol. The van der Waals surface area contributed by atoms with Crippen molar-refractivity contribution in [2.75, 3.05) is 19.0 Å². The molecule has 0 aliphatic heterocycles. The summed E-state index contributed by atoms with van der Waals surface area (Å²) in [6.07, 6.45) is 8.12. The van der Waals surface area contributed by atoms with Crippen LogP contribution < -0.4 is 5.32 Å². The van der Waals surface area contributed by atoms with Gasteiger partial charge in [0.15, 0.2) is 5.13 Å². The Morgan fingerprint density at radius 2 is 2.22 bits per heavy atom. The Labute approximate surface area is 112 Å². The molecule has 0 spiro atoms. The van der Waals surface area contributed by atoms with Crippen LogP contribution in [0.1, 0.15) is 48.7 Å². The Bertz CT molecular complexity index is 411. The van der Waals surface area contributed by atoms with Gasteiger partial charge in [0.25, 0.3) is 0 Å². The van der Waals surface area contributed by atoms with Crippen LogP contribution in [0.3, 0.4) is 0 Å². The lowest BCUT2D eigenvalue weighted by molar-refractivity contribution is 0.0606. The van der Waals surface area contributed by atoms with Crippen molar-refractivity contribution in [3.63, 3.8) is 0 Å². The van der Waals surface area contributed by atoms with Crippen LogP contribution in [0.5, 0.6) is 0 Å². The minimum Gasteiger partial charge on any atom is -0.465 e. The van der Waals surface area contributed by atoms with E-state index in [1.807, 2.05) is 0 Å². The van der Waals surface area contributed by atoms with Crippen LogP contribution in [-0.2, 0) is 4.74 Å². The Balaban J connectivity index is 1.89. The molecule has 1 aromatic heterocycles. The molecular weight excluding hydrogens is 248 g/mol. The zero-order chi connectivity index (χ0) is 13.0. The lowest BCUT2D eigenvalue weighted by Gasteiger charge is -2.33. The van der Waals surface area contributed by atoms with Crippen molar-refractivity contribution in [1.82, 2.24) is 4.98 Å². The number of aromatic nitrogens is 1. The summed E-state index contributed by atoms with van der Waals surface area (Å²) in [7, 11) is 1.39. The highest BCUT2D eigenvalue weighted by Crippen LogP contribution is 2.36. The third-order valence-corrected chi connectivity index (χ3v) is 4.55. The third kappa shape index (κ3) is 3.22. The highest BCUT2D eigenvalue weighted by atomic mass is 32.1. The van der Waals surface area contributed by atoms with Gasteiger partial charge >= 0.3 is 5.97 Å². The zero-order valence-corrected chi connectivity index (χ0v) is 11.8. The van der Waals surface area contributed by atoms with E-state index in [1.54, 1.807) is 6.20 Å². The number of nitrogens with zero attached hydrogens (tertiary/aromatic N) is 1. The summed E-state index contributed by atoms with van der Waals surface area (Å²) < 4.78 is 4.67.